The van der Waals surface area contributed by atoms with Crippen LogP contribution in [0.4, 0.5) is 5.69 Å². The number of nitrogens with zero attached hydrogens (tertiary/aromatic N) is 2. The fraction of sp³-hybridized carbons (Fsp3) is 0. The minimum absolute atomic E-state index is 0.189. The molecule has 0 amide bonds. The summed E-state index contributed by atoms with van der Waals surface area (Å²) in [7, 11) is 0. The van der Waals surface area contributed by atoms with Crippen LogP contribution in [-0.2, 0) is 0 Å². The number of hydrogen-bond donors (Lipinski definition) is 0. The van der Waals surface area contributed by atoms with E-state index in [4.69, 9.17) is 5.26 Å². The van der Waals surface area contributed by atoms with Gasteiger partial charge in [0.2, 0.25) is 0 Å². The molecule has 74 valence electrons. The molecular weight excluding hydrogens is 196 g/mol. The van der Waals surface area contributed by atoms with E-state index in [9.17, 15) is 14.9 Å². The first-order chi connectivity index (χ1) is 7.19. The van der Waals surface area contributed by atoms with Crippen LogP contribution in [0.2, 0.25) is 0 Å². The van der Waals surface area contributed by atoms with Crippen molar-refractivity contribution in [1.29, 1.82) is 5.26 Å². The Morgan fingerprint density at radius 3 is 2.73 bits per heavy atom. The molecule has 0 aromatic heterocycles. The molecule has 0 aliphatic carbocycles. The number of carbonyl (C=O) groups excluding carboxylic acids is 1. The molecule has 0 atom stereocenters. The number of hydrogen-bond acceptors (Lipinski definition) is 4. The van der Waals surface area contributed by atoms with Crippen LogP contribution < -0.4 is 0 Å². The number of nitro groups is 1. The van der Waals surface area contributed by atoms with Gasteiger partial charge in [0.15, 0.2) is 0 Å². The molecule has 0 N–H and O–H groups in total. The van der Waals surface area contributed by atoms with Gasteiger partial charge in [0.05, 0.1) is 16.6 Å². The summed E-state index contributed by atoms with van der Waals surface area (Å²) in [6, 6.07) is 5.79. The Bertz CT molecular complexity index is 472. The fourth-order valence-electron chi connectivity index (χ4n) is 1.06. The number of allylic oxidation sites excluding steroid dienone is 1. The highest BCUT2D eigenvalue weighted by Gasteiger charge is 2.11. The molecule has 0 fully saturated rings. The van der Waals surface area contributed by atoms with Gasteiger partial charge in [-0.25, -0.2) is 0 Å². The highest BCUT2D eigenvalue weighted by Crippen LogP contribution is 2.20. The zero-order valence-corrected chi connectivity index (χ0v) is 7.58. The van der Waals surface area contributed by atoms with Gasteiger partial charge in [-0.15, -0.1) is 0 Å². The molecule has 1 aromatic carbocycles. The third-order valence-electron chi connectivity index (χ3n) is 1.72. The van der Waals surface area contributed by atoms with Crippen LogP contribution in [0.15, 0.2) is 24.3 Å². The lowest BCUT2D eigenvalue weighted by Crippen LogP contribution is -1.93. The molecular formula is C10H6N2O3. The number of aldehydes is 1. The van der Waals surface area contributed by atoms with E-state index in [-0.39, 0.29) is 11.3 Å². The summed E-state index contributed by atoms with van der Waals surface area (Å²) in [4.78, 5) is 20.4. The summed E-state index contributed by atoms with van der Waals surface area (Å²) in [6.45, 7) is 0. The minimum atomic E-state index is -0.593. The molecule has 5 heteroatoms. The average Bonchev–Trinajstić information content (AvgIpc) is 2.26. The summed E-state index contributed by atoms with van der Waals surface area (Å²) >= 11 is 0. The van der Waals surface area contributed by atoms with Crippen molar-refractivity contribution in [2.45, 2.75) is 0 Å². The van der Waals surface area contributed by atoms with E-state index in [1.165, 1.54) is 24.3 Å². The number of benzene rings is 1. The van der Waals surface area contributed by atoms with Crippen molar-refractivity contribution in [3.63, 3.8) is 0 Å². The van der Waals surface area contributed by atoms with Crippen molar-refractivity contribution in [2.24, 2.45) is 0 Å². The zero-order chi connectivity index (χ0) is 11.3. The van der Waals surface area contributed by atoms with Gasteiger partial charge in [-0.1, -0.05) is 6.07 Å². The lowest BCUT2D eigenvalue weighted by Gasteiger charge is -1.97. The first-order valence-corrected chi connectivity index (χ1v) is 3.99. The molecule has 15 heavy (non-hydrogen) atoms. The zero-order valence-electron chi connectivity index (χ0n) is 7.58. The lowest BCUT2D eigenvalue weighted by atomic mass is 10.1. The molecule has 0 saturated carbocycles. The Kier molecular flexibility index (Phi) is 3.30. The summed E-state index contributed by atoms with van der Waals surface area (Å²) in [6.07, 6.45) is 3.00. The Labute approximate surface area is 85.4 Å². The van der Waals surface area contributed by atoms with Crippen LogP contribution in [-0.4, -0.2) is 11.2 Å². The number of nitriles is 1. The molecule has 0 aliphatic heterocycles. The number of rotatable bonds is 3. The van der Waals surface area contributed by atoms with Gasteiger partial charge in [0.1, 0.15) is 6.29 Å². The monoisotopic (exact) mass is 202 g/mol. The maximum atomic E-state index is 10.6. The van der Waals surface area contributed by atoms with E-state index in [1.54, 1.807) is 6.07 Å². The van der Waals surface area contributed by atoms with Gasteiger partial charge in [-0.3, -0.25) is 14.9 Å². The quantitative estimate of drug-likeness (QED) is 0.324. The predicted molar refractivity (Wildman–Crippen MR) is 53.1 cm³/mol. The summed E-state index contributed by atoms with van der Waals surface area (Å²) in [5, 5.41) is 18.9. The van der Waals surface area contributed by atoms with E-state index >= 15 is 0 Å². The van der Waals surface area contributed by atoms with E-state index in [1.807, 2.05) is 0 Å². The SMILES string of the molecule is N#CC=Cc1ccc(C=O)cc1[N+](=O)[O-]. The second-order valence-corrected chi connectivity index (χ2v) is 2.66. The fourth-order valence-corrected chi connectivity index (χ4v) is 1.06. The normalized spacial score (nSPS) is 9.80. The number of carbonyl (C=O) groups is 1. The molecule has 0 radical (unpaired) electrons. The second kappa shape index (κ2) is 4.67. The van der Waals surface area contributed by atoms with Gasteiger partial charge in [0.25, 0.3) is 5.69 Å². The second-order valence-electron chi connectivity index (χ2n) is 2.66. The molecule has 0 bridgehead atoms. The molecule has 0 saturated heterocycles. The standard InChI is InChI=1S/C10H6N2O3/c11-5-1-2-9-4-3-8(7-13)6-10(9)12(14)15/h1-4,6-7H. The summed E-state index contributed by atoms with van der Waals surface area (Å²) < 4.78 is 0. The third-order valence-corrected chi connectivity index (χ3v) is 1.72. The van der Waals surface area contributed by atoms with Crippen LogP contribution in [0.1, 0.15) is 15.9 Å². The largest absolute Gasteiger partial charge is 0.298 e. The molecule has 0 spiro atoms. The topological polar surface area (TPSA) is 84.0 Å². The summed E-state index contributed by atoms with van der Waals surface area (Å²) in [5.74, 6) is 0. The Hall–Kier alpha value is -2.48. The van der Waals surface area contributed by atoms with Crippen LogP contribution in [0, 0.1) is 21.4 Å². The van der Waals surface area contributed by atoms with Crippen LogP contribution in [0.5, 0.6) is 0 Å². The van der Waals surface area contributed by atoms with E-state index in [2.05, 4.69) is 0 Å². The van der Waals surface area contributed by atoms with Crippen molar-refractivity contribution < 1.29 is 9.72 Å². The van der Waals surface area contributed by atoms with Gasteiger partial charge in [0, 0.05) is 17.7 Å². The van der Waals surface area contributed by atoms with E-state index in [0.717, 1.165) is 6.08 Å². The molecule has 5 nitrogen and oxygen atoms in total. The first kappa shape index (κ1) is 10.6. The average molecular weight is 202 g/mol. The molecule has 1 aromatic rings. The maximum absolute atomic E-state index is 10.6. The molecule has 0 heterocycles. The van der Waals surface area contributed by atoms with Crippen LogP contribution in [0.3, 0.4) is 0 Å². The van der Waals surface area contributed by atoms with Gasteiger partial charge < -0.3 is 0 Å². The molecule has 0 unspecified atom stereocenters. The maximum Gasteiger partial charge on any atom is 0.277 e. The predicted octanol–water partition coefficient (Wildman–Crippen LogP) is 1.94. The van der Waals surface area contributed by atoms with Gasteiger partial charge >= 0.3 is 0 Å². The number of nitro benzene ring substituents is 1. The Balaban J connectivity index is 3.28. The van der Waals surface area contributed by atoms with Crippen molar-refractivity contribution in [3.05, 3.63) is 45.5 Å². The lowest BCUT2D eigenvalue weighted by molar-refractivity contribution is -0.385. The molecule has 1 rings (SSSR count). The Morgan fingerprint density at radius 1 is 1.47 bits per heavy atom. The first-order valence-electron chi connectivity index (χ1n) is 3.99. The van der Waals surface area contributed by atoms with Crippen molar-refractivity contribution in [3.8, 4) is 6.07 Å². The van der Waals surface area contributed by atoms with Gasteiger partial charge in [-0.2, -0.15) is 5.26 Å². The minimum Gasteiger partial charge on any atom is -0.298 e. The van der Waals surface area contributed by atoms with Gasteiger partial charge in [-0.05, 0) is 12.1 Å². The van der Waals surface area contributed by atoms with Crippen molar-refractivity contribution in [2.75, 3.05) is 0 Å². The summed E-state index contributed by atoms with van der Waals surface area (Å²) in [5.41, 5.74) is 0.342. The third kappa shape index (κ3) is 2.48. The van der Waals surface area contributed by atoms with Crippen molar-refractivity contribution in [1.82, 2.24) is 0 Å². The highest BCUT2D eigenvalue weighted by molar-refractivity contribution is 5.78. The van der Waals surface area contributed by atoms with Crippen LogP contribution in [0.25, 0.3) is 6.08 Å². The highest BCUT2D eigenvalue weighted by atomic mass is 16.6. The molecule has 0 aliphatic rings. The van der Waals surface area contributed by atoms with E-state index in [0.29, 0.717) is 11.8 Å². The van der Waals surface area contributed by atoms with Crippen LogP contribution >= 0.6 is 0 Å². The Morgan fingerprint density at radius 2 is 2.20 bits per heavy atom. The smallest absolute Gasteiger partial charge is 0.277 e. The van der Waals surface area contributed by atoms with E-state index < -0.39 is 4.92 Å². The van der Waals surface area contributed by atoms with Crippen molar-refractivity contribution >= 4 is 18.0 Å².